The van der Waals surface area contributed by atoms with Crippen LogP contribution < -0.4 is 10.6 Å². The lowest BCUT2D eigenvalue weighted by molar-refractivity contribution is 0.262. The molecule has 0 heterocycles. The van der Waals surface area contributed by atoms with Gasteiger partial charge < -0.3 is 20.8 Å². The van der Waals surface area contributed by atoms with Gasteiger partial charge in [-0.05, 0) is 93.0 Å². The van der Waals surface area contributed by atoms with Crippen molar-refractivity contribution in [3.05, 3.63) is 121 Å². The van der Waals surface area contributed by atoms with Gasteiger partial charge in [-0.3, -0.25) is 18.2 Å². The fraction of sp³-hybridized carbons (Fsp3) is 0. The van der Waals surface area contributed by atoms with Gasteiger partial charge in [0.1, 0.15) is 31.0 Å². The molecule has 336 valence electrons. The molecule has 8 rings (SSSR count). The van der Waals surface area contributed by atoms with Gasteiger partial charge in [0.15, 0.2) is 11.5 Å². The van der Waals surface area contributed by atoms with Crippen LogP contribution in [0.4, 0.5) is 38.9 Å². The number of azo groups is 2. The number of rotatable bonds is 10. The Morgan fingerprint density at radius 3 is 1.11 bits per heavy atom. The second-order valence-corrected chi connectivity index (χ2v) is 19.8. The zero-order valence-corrected chi connectivity index (χ0v) is 36.1. The van der Waals surface area contributed by atoms with Crippen molar-refractivity contribution in [2.45, 2.75) is 19.6 Å². The molecule has 0 radical (unpaired) electrons. The molecule has 0 spiro atoms. The van der Waals surface area contributed by atoms with Crippen LogP contribution in [-0.2, 0) is 40.5 Å². The largest absolute Gasteiger partial charge is 0.505 e. The smallest absolute Gasteiger partial charge is 0.323 e. The summed E-state index contributed by atoms with van der Waals surface area (Å²) in [5, 5.41) is 43.5. The van der Waals surface area contributed by atoms with Gasteiger partial charge in [-0.25, -0.2) is 4.79 Å². The van der Waals surface area contributed by atoms with E-state index < -0.39 is 100 Å². The molecule has 0 saturated heterocycles. The lowest BCUT2D eigenvalue weighted by Gasteiger charge is -2.14. The maximum Gasteiger partial charge on any atom is 0.323 e. The summed E-state index contributed by atoms with van der Waals surface area (Å²) >= 11 is 0. The van der Waals surface area contributed by atoms with E-state index in [-0.39, 0.29) is 54.5 Å². The van der Waals surface area contributed by atoms with E-state index in [2.05, 4.69) is 31.1 Å². The molecule has 0 fully saturated rings. The summed E-state index contributed by atoms with van der Waals surface area (Å²) in [6.07, 6.45) is 0. The molecule has 21 nitrogen and oxygen atoms in total. The second-order valence-electron chi connectivity index (χ2n) is 14.2. The number of phenolic OH excluding ortho intramolecular Hbond substituents is 2. The van der Waals surface area contributed by atoms with Crippen molar-refractivity contribution in [1.29, 1.82) is 0 Å². The SMILES string of the molecule is O=C(Nc1cc2cc(N=Nc3c(S(=O)(=O)O)cc4ccccc4c3O)ccc2cc1S(=O)(=O)O)Nc1cc2cc(N=Nc3c(S(=O)(=O)O)cc4ccccc4c3O)ccc2cc1S(=O)(=O)O. The Morgan fingerprint density at radius 1 is 0.394 bits per heavy atom. The zero-order valence-electron chi connectivity index (χ0n) is 32.8. The molecule has 0 atom stereocenters. The van der Waals surface area contributed by atoms with Gasteiger partial charge in [0, 0.05) is 10.8 Å². The van der Waals surface area contributed by atoms with E-state index in [0.29, 0.717) is 0 Å². The normalized spacial score (nSPS) is 12.8. The fourth-order valence-electron chi connectivity index (χ4n) is 6.94. The highest BCUT2D eigenvalue weighted by atomic mass is 32.2. The average molecular weight is 973 g/mol. The Hall–Kier alpha value is -7.49. The summed E-state index contributed by atoms with van der Waals surface area (Å²) in [5.74, 6) is -1.21. The molecule has 0 unspecified atom stereocenters. The predicted octanol–water partition coefficient (Wildman–Crippen LogP) is 9.17. The highest BCUT2D eigenvalue weighted by Crippen LogP contribution is 2.43. The number of aromatic hydroxyl groups is 2. The van der Waals surface area contributed by atoms with Crippen molar-refractivity contribution in [2.75, 3.05) is 10.6 Å². The standard InChI is InChI=1S/C41H28N6O15S4/c48-39-29-7-3-1-5-23(29)19-35(65(57,58)59)37(39)46-44-27-11-9-21-17-33(63(51,52)53)31(15-25(21)13-27)42-41(50)43-32-16-26-14-28(12-10-22(26)18-34(32)64(54,55)56)45-47-38-36(66(60,61)62)20-24-6-2-4-8-30(24)40(38)49/h1-20,48-49H,(H2,42,43,50)(H,51,52,53)(H,54,55,56)(H,57,58,59)(H,60,61,62). The minimum Gasteiger partial charge on any atom is -0.505 e. The summed E-state index contributed by atoms with van der Waals surface area (Å²) in [5.41, 5.74) is -2.29. The van der Waals surface area contributed by atoms with Crippen LogP contribution in [0.25, 0.3) is 43.1 Å². The number of amides is 2. The molecular formula is C41H28N6O15S4. The number of carbonyl (C=O) groups is 1. The lowest BCUT2D eigenvalue weighted by atomic mass is 10.1. The molecule has 8 N–H and O–H groups in total. The Balaban J connectivity index is 1.13. The maximum absolute atomic E-state index is 13.5. The molecule has 0 saturated carbocycles. The van der Waals surface area contributed by atoms with Crippen molar-refractivity contribution < 1.29 is 66.9 Å². The first-order valence-electron chi connectivity index (χ1n) is 18.4. The maximum atomic E-state index is 13.5. The van der Waals surface area contributed by atoms with Gasteiger partial charge in [0.2, 0.25) is 0 Å². The third kappa shape index (κ3) is 9.08. The van der Waals surface area contributed by atoms with E-state index >= 15 is 0 Å². The molecule has 0 aliphatic carbocycles. The van der Waals surface area contributed by atoms with E-state index in [1.807, 2.05) is 0 Å². The van der Waals surface area contributed by atoms with Gasteiger partial charge in [-0.15, -0.1) is 10.2 Å². The lowest BCUT2D eigenvalue weighted by Crippen LogP contribution is -2.22. The van der Waals surface area contributed by atoms with Crippen molar-refractivity contribution in [3.8, 4) is 11.5 Å². The third-order valence-electron chi connectivity index (χ3n) is 9.90. The Labute approximate surface area is 372 Å². The molecule has 8 aromatic rings. The average Bonchev–Trinajstić information content (AvgIpc) is 3.23. The molecule has 0 bridgehead atoms. The number of benzene rings is 8. The number of fused-ring (bicyclic) bond motifs is 4. The highest BCUT2D eigenvalue weighted by molar-refractivity contribution is 7.86. The Morgan fingerprint density at radius 2 is 0.742 bits per heavy atom. The Kier molecular flexibility index (Phi) is 11.3. The predicted molar refractivity (Wildman–Crippen MR) is 239 cm³/mol. The van der Waals surface area contributed by atoms with Gasteiger partial charge in [-0.2, -0.15) is 43.9 Å². The van der Waals surface area contributed by atoms with Crippen molar-refractivity contribution in [3.63, 3.8) is 0 Å². The number of phenols is 2. The van der Waals surface area contributed by atoms with E-state index in [0.717, 1.165) is 36.4 Å². The first kappa shape index (κ1) is 45.1. The van der Waals surface area contributed by atoms with E-state index in [1.54, 1.807) is 24.3 Å². The van der Waals surface area contributed by atoms with Crippen LogP contribution in [-0.4, -0.2) is 68.1 Å². The molecule has 66 heavy (non-hydrogen) atoms. The van der Waals surface area contributed by atoms with Crippen molar-refractivity contribution >= 4 is 124 Å². The summed E-state index contributed by atoms with van der Waals surface area (Å²) < 4.78 is 139. The van der Waals surface area contributed by atoms with E-state index in [4.69, 9.17) is 0 Å². The zero-order chi connectivity index (χ0) is 47.5. The topological polar surface area (TPSA) is 349 Å². The van der Waals surface area contributed by atoms with Gasteiger partial charge >= 0.3 is 6.03 Å². The summed E-state index contributed by atoms with van der Waals surface area (Å²) in [7, 11) is -20.0. The monoisotopic (exact) mass is 972 g/mol. The quantitative estimate of drug-likeness (QED) is 0.0467. The van der Waals surface area contributed by atoms with Crippen molar-refractivity contribution in [1.82, 2.24) is 0 Å². The molecule has 8 aromatic carbocycles. The Bertz CT molecular complexity index is 3690. The number of anilines is 2. The van der Waals surface area contributed by atoms with Crippen LogP contribution in [0.1, 0.15) is 0 Å². The molecule has 0 aromatic heterocycles. The first-order valence-corrected chi connectivity index (χ1v) is 24.2. The summed E-state index contributed by atoms with van der Waals surface area (Å²) in [6.45, 7) is 0. The first-order chi connectivity index (χ1) is 31.0. The molecule has 2 amide bonds. The van der Waals surface area contributed by atoms with Gasteiger partial charge in [0.25, 0.3) is 40.5 Å². The minimum atomic E-state index is -5.07. The number of urea groups is 1. The van der Waals surface area contributed by atoms with Crippen LogP contribution in [0.2, 0.25) is 0 Å². The minimum absolute atomic E-state index is 0.00727. The van der Waals surface area contributed by atoms with Crippen LogP contribution in [0.3, 0.4) is 0 Å². The number of nitrogens with zero attached hydrogens (tertiary/aromatic N) is 4. The number of nitrogens with one attached hydrogen (secondary N) is 2. The summed E-state index contributed by atoms with van der Waals surface area (Å²) in [6, 6.07) is 25.2. The molecule has 0 aliphatic rings. The number of hydrogen-bond acceptors (Lipinski definition) is 15. The van der Waals surface area contributed by atoms with Crippen LogP contribution in [0, 0.1) is 0 Å². The van der Waals surface area contributed by atoms with Crippen LogP contribution in [0.5, 0.6) is 11.5 Å². The van der Waals surface area contributed by atoms with E-state index in [9.17, 15) is 66.9 Å². The molecule has 0 aliphatic heterocycles. The van der Waals surface area contributed by atoms with Gasteiger partial charge in [-0.1, -0.05) is 60.7 Å². The third-order valence-corrected chi connectivity index (χ3v) is 13.4. The highest BCUT2D eigenvalue weighted by Gasteiger charge is 2.25. The molecule has 25 heteroatoms. The van der Waals surface area contributed by atoms with Crippen LogP contribution in [0.15, 0.2) is 161 Å². The number of carbonyl (C=O) groups excluding carboxylic acids is 1. The van der Waals surface area contributed by atoms with Crippen molar-refractivity contribution in [2.24, 2.45) is 20.5 Å². The number of hydrogen-bond donors (Lipinski definition) is 8. The van der Waals surface area contributed by atoms with Gasteiger partial charge in [0.05, 0.1) is 22.7 Å². The molecular weight excluding hydrogens is 945 g/mol. The summed E-state index contributed by atoms with van der Waals surface area (Å²) in [4.78, 5) is 10.4. The van der Waals surface area contributed by atoms with Crippen LogP contribution >= 0.6 is 0 Å². The second kappa shape index (κ2) is 16.5. The fourth-order valence-corrected chi connectivity index (χ4v) is 9.58. The van der Waals surface area contributed by atoms with E-state index in [1.165, 1.54) is 60.7 Å².